The summed E-state index contributed by atoms with van der Waals surface area (Å²) >= 11 is 0. The van der Waals surface area contributed by atoms with Gasteiger partial charge in [0.25, 0.3) is 0 Å². The molecule has 7 heteroatoms. The Bertz CT molecular complexity index is 999. The number of ether oxygens (including phenoxy) is 3. The SMILES string of the molecule is COc1cccc(-n2nc(C)c(CCC(=O)OCCOc3ccc(F)cc3)c2C)c1. The van der Waals surface area contributed by atoms with Crippen LogP contribution in [0.4, 0.5) is 4.39 Å². The molecule has 0 atom stereocenters. The Hall–Kier alpha value is -3.35. The summed E-state index contributed by atoms with van der Waals surface area (Å²) in [4.78, 5) is 12.1. The Morgan fingerprint density at radius 2 is 1.83 bits per heavy atom. The van der Waals surface area contributed by atoms with E-state index < -0.39 is 0 Å². The van der Waals surface area contributed by atoms with Crippen LogP contribution in [0.3, 0.4) is 0 Å². The van der Waals surface area contributed by atoms with E-state index in [4.69, 9.17) is 14.2 Å². The van der Waals surface area contributed by atoms with Crippen LogP contribution in [0.5, 0.6) is 11.5 Å². The third-order valence-electron chi connectivity index (χ3n) is 4.75. The summed E-state index contributed by atoms with van der Waals surface area (Å²) in [6.07, 6.45) is 0.793. The highest BCUT2D eigenvalue weighted by Gasteiger charge is 2.15. The number of carbonyl (C=O) groups is 1. The first-order valence-electron chi connectivity index (χ1n) is 9.71. The Morgan fingerprint density at radius 3 is 2.57 bits per heavy atom. The van der Waals surface area contributed by atoms with Gasteiger partial charge in [-0.3, -0.25) is 4.79 Å². The highest BCUT2D eigenvalue weighted by atomic mass is 19.1. The van der Waals surface area contributed by atoms with Gasteiger partial charge in [-0.15, -0.1) is 0 Å². The number of rotatable bonds is 9. The van der Waals surface area contributed by atoms with Crippen molar-refractivity contribution in [3.8, 4) is 17.2 Å². The molecule has 2 aromatic carbocycles. The average molecular weight is 412 g/mol. The first kappa shape index (κ1) is 21.4. The summed E-state index contributed by atoms with van der Waals surface area (Å²) < 4.78 is 30.6. The highest BCUT2D eigenvalue weighted by Crippen LogP contribution is 2.22. The third-order valence-corrected chi connectivity index (χ3v) is 4.75. The number of esters is 1. The van der Waals surface area contributed by atoms with Gasteiger partial charge < -0.3 is 14.2 Å². The van der Waals surface area contributed by atoms with Crippen LogP contribution in [0.2, 0.25) is 0 Å². The number of hydrogen-bond acceptors (Lipinski definition) is 5. The number of halogens is 1. The van der Waals surface area contributed by atoms with Crippen LogP contribution in [0.1, 0.15) is 23.4 Å². The molecule has 0 unspecified atom stereocenters. The molecule has 0 saturated heterocycles. The minimum Gasteiger partial charge on any atom is -0.497 e. The predicted octanol–water partition coefficient (Wildman–Crippen LogP) is 4.19. The highest BCUT2D eigenvalue weighted by molar-refractivity contribution is 5.69. The molecule has 30 heavy (non-hydrogen) atoms. The smallest absolute Gasteiger partial charge is 0.306 e. The standard InChI is InChI=1S/C23H25FN2O4/c1-16-22(17(2)26(25-16)19-5-4-6-21(15-19)28-3)11-12-23(27)30-14-13-29-20-9-7-18(24)8-10-20/h4-10,15H,11-14H2,1-3H3. The summed E-state index contributed by atoms with van der Waals surface area (Å²) in [6, 6.07) is 13.4. The van der Waals surface area contributed by atoms with E-state index in [1.165, 1.54) is 24.3 Å². The fourth-order valence-corrected chi connectivity index (χ4v) is 3.18. The molecule has 0 radical (unpaired) electrons. The van der Waals surface area contributed by atoms with Crippen molar-refractivity contribution >= 4 is 5.97 Å². The second-order valence-corrected chi connectivity index (χ2v) is 6.79. The quantitative estimate of drug-likeness (QED) is 0.390. The molecule has 0 fully saturated rings. The molecule has 0 aliphatic rings. The summed E-state index contributed by atoms with van der Waals surface area (Å²) in [5.41, 5.74) is 3.79. The van der Waals surface area contributed by atoms with E-state index in [2.05, 4.69) is 5.10 Å². The minimum atomic E-state index is -0.325. The maximum absolute atomic E-state index is 12.9. The number of carbonyl (C=O) groups excluding carboxylic acids is 1. The fourth-order valence-electron chi connectivity index (χ4n) is 3.18. The van der Waals surface area contributed by atoms with Gasteiger partial charge in [0.2, 0.25) is 0 Å². The molecule has 0 N–H and O–H groups in total. The second kappa shape index (κ2) is 9.91. The monoisotopic (exact) mass is 412 g/mol. The topological polar surface area (TPSA) is 62.6 Å². The molecule has 3 rings (SSSR count). The Balaban J connectivity index is 1.51. The van der Waals surface area contributed by atoms with Gasteiger partial charge in [-0.05, 0) is 62.2 Å². The fraction of sp³-hybridized carbons (Fsp3) is 0.304. The van der Waals surface area contributed by atoms with Crippen molar-refractivity contribution in [2.75, 3.05) is 20.3 Å². The number of methoxy groups -OCH3 is 1. The van der Waals surface area contributed by atoms with Gasteiger partial charge in [-0.25, -0.2) is 9.07 Å². The Morgan fingerprint density at radius 1 is 1.07 bits per heavy atom. The number of benzene rings is 2. The van der Waals surface area contributed by atoms with Crippen molar-refractivity contribution in [3.05, 3.63) is 71.3 Å². The maximum Gasteiger partial charge on any atom is 0.306 e. The van der Waals surface area contributed by atoms with Crippen molar-refractivity contribution in [1.29, 1.82) is 0 Å². The lowest BCUT2D eigenvalue weighted by Gasteiger charge is -2.08. The van der Waals surface area contributed by atoms with Crippen molar-refractivity contribution < 1.29 is 23.4 Å². The van der Waals surface area contributed by atoms with E-state index >= 15 is 0 Å². The number of nitrogens with zero attached hydrogens (tertiary/aromatic N) is 2. The third kappa shape index (κ3) is 5.37. The number of hydrogen-bond donors (Lipinski definition) is 0. The van der Waals surface area contributed by atoms with Gasteiger partial charge in [0, 0.05) is 18.2 Å². The molecule has 0 aliphatic heterocycles. The lowest BCUT2D eigenvalue weighted by molar-refractivity contribution is -0.144. The largest absolute Gasteiger partial charge is 0.497 e. The van der Waals surface area contributed by atoms with Gasteiger partial charge in [0.05, 0.1) is 18.5 Å². The first-order chi connectivity index (χ1) is 14.5. The van der Waals surface area contributed by atoms with E-state index in [0.29, 0.717) is 12.2 Å². The summed E-state index contributed by atoms with van der Waals surface area (Å²) in [7, 11) is 1.63. The molecule has 0 amide bonds. The van der Waals surface area contributed by atoms with E-state index in [-0.39, 0.29) is 31.4 Å². The average Bonchev–Trinajstić information content (AvgIpc) is 3.04. The molecule has 1 heterocycles. The molecule has 1 aromatic heterocycles. The van der Waals surface area contributed by atoms with Crippen LogP contribution in [0.15, 0.2) is 48.5 Å². The normalized spacial score (nSPS) is 10.7. The van der Waals surface area contributed by atoms with E-state index in [9.17, 15) is 9.18 Å². The zero-order valence-electron chi connectivity index (χ0n) is 17.4. The van der Waals surface area contributed by atoms with Crippen LogP contribution in [0, 0.1) is 19.7 Å². The molecular weight excluding hydrogens is 387 g/mol. The van der Waals surface area contributed by atoms with E-state index in [0.717, 1.165) is 28.4 Å². The molecule has 0 saturated carbocycles. The zero-order chi connectivity index (χ0) is 21.5. The molecule has 0 aliphatic carbocycles. The lowest BCUT2D eigenvalue weighted by atomic mass is 10.1. The number of aryl methyl sites for hydroxylation is 1. The van der Waals surface area contributed by atoms with E-state index in [1.807, 2.05) is 42.8 Å². The van der Waals surface area contributed by atoms with Crippen molar-refractivity contribution in [2.45, 2.75) is 26.7 Å². The maximum atomic E-state index is 12.9. The molecule has 0 bridgehead atoms. The predicted molar refractivity (Wildman–Crippen MR) is 111 cm³/mol. The molecule has 6 nitrogen and oxygen atoms in total. The summed E-state index contributed by atoms with van der Waals surface area (Å²) in [5, 5.41) is 4.61. The van der Waals surface area contributed by atoms with Crippen LogP contribution < -0.4 is 9.47 Å². The molecule has 3 aromatic rings. The van der Waals surface area contributed by atoms with Crippen LogP contribution in [-0.2, 0) is 16.0 Å². The summed E-state index contributed by atoms with van der Waals surface area (Å²) in [5.74, 6) is 0.663. The molecular formula is C23H25FN2O4. The van der Waals surface area contributed by atoms with Gasteiger partial charge in [0.15, 0.2) is 0 Å². The minimum absolute atomic E-state index is 0.136. The van der Waals surface area contributed by atoms with Gasteiger partial charge in [-0.2, -0.15) is 5.10 Å². The van der Waals surface area contributed by atoms with Crippen molar-refractivity contribution in [1.82, 2.24) is 9.78 Å². The van der Waals surface area contributed by atoms with Gasteiger partial charge in [-0.1, -0.05) is 6.07 Å². The van der Waals surface area contributed by atoms with Crippen molar-refractivity contribution in [3.63, 3.8) is 0 Å². The van der Waals surface area contributed by atoms with Gasteiger partial charge >= 0.3 is 5.97 Å². The lowest BCUT2D eigenvalue weighted by Crippen LogP contribution is -2.13. The Kier molecular flexibility index (Phi) is 7.06. The van der Waals surface area contributed by atoms with Crippen LogP contribution >= 0.6 is 0 Å². The zero-order valence-corrected chi connectivity index (χ0v) is 17.4. The second-order valence-electron chi connectivity index (χ2n) is 6.79. The first-order valence-corrected chi connectivity index (χ1v) is 9.71. The van der Waals surface area contributed by atoms with E-state index in [1.54, 1.807) is 7.11 Å². The summed E-state index contributed by atoms with van der Waals surface area (Å²) in [6.45, 7) is 4.26. The Labute approximate surface area is 175 Å². The van der Waals surface area contributed by atoms with Crippen LogP contribution in [-0.4, -0.2) is 36.1 Å². The van der Waals surface area contributed by atoms with Crippen LogP contribution in [0.25, 0.3) is 5.69 Å². The number of aromatic nitrogens is 2. The van der Waals surface area contributed by atoms with Gasteiger partial charge in [0.1, 0.15) is 30.5 Å². The molecule has 158 valence electrons. The van der Waals surface area contributed by atoms with Crippen molar-refractivity contribution in [2.24, 2.45) is 0 Å². The molecule has 0 spiro atoms.